The van der Waals surface area contributed by atoms with Gasteiger partial charge in [0.15, 0.2) is 0 Å². The lowest BCUT2D eigenvalue weighted by Gasteiger charge is -2.26. The maximum Gasteiger partial charge on any atom is 0.265 e. The van der Waals surface area contributed by atoms with Crippen LogP contribution in [-0.4, -0.2) is 16.6 Å². The van der Waals surface area contributed by atoms with Gasteiger partial charge in [0.25, 0.3) is 5.84 Å². The Kier molecular flexibility index (Phi) is 3.86. The van der Waals surface area contributed by atoms with Gasteiger partial charge in [-0.05, 0) is 35.7 Å². The van der Waals surface area contributed by atoms with Crippen LogP contribution in [0.1, 0.15) is 5.56 Å². The first kappa shape index (κ1) is 17.8. The molecule has 3 aromatic carbocycles. The quantitative estimate of drug-likeness (QED) is 0.472. The van der Waals surface area contributed by atoms with Gasteiger partial charge in [-0.2, -0.15) is 10.8 Å². The molecule has 0 saturated carbocycles. The fourth-order valence-corrected chi connectivity index (χ4v) is 4.02. The highest BCUT2D eigenvalue weighted by Gasteiger charge is 2.44. The highest BCUT2D eigenvalue weighted by Crippen LogP contribution is 2.37. The lowest BCUT2D eigenvalue weighted by molar-refractivity contribution is -0.750. The van der Waals surface area contributed by atoms with Crippen LogP contribution >= 0.6 is 0 Å². The lowest BCUT2D eigenvalue weighted by atomic mass is 10.0. The zero-order chi connectivity index (χ0) is 20.8. The SMILES string of the molecule is N[N+]12C=CN=CC1=C(C1=CC=C1)N=C2c1ccc(Oc2cccc3ccccc23)cc1. The third kappa shape index (κ3) is 2.79. The fourth-order valence-electron chi connectivity index (χ4n) is 4.02. The summed E-state index contributed by atoms with van der Waals surface area (Å²) in [5, 5.41) is 2.23. The number of hydrogen-bond acceptors (Lipinski definition) is 4. The van der Waals surface area contributed by atoms with E-state index < -0.39 is 0 Å². The second-order valence-electron chi connectivity index (χ2n) is 7.61. The molecule has 1 aliphatic carbocycles. The monoisotopic (exact) mass is 403 g/mol. The molecule has 3 aromatic rings. The fraction of sp³-hybridized carbons (Fsp3) is 0. The summed E-state index contributed by atoms with van der Waals surface area (Å²) in [6, 6.07) is 22.2. The second-order valence-corrected chi connectivity index (χ2v) is 7.61. The summed E-state index contributed by atoms with van der Waals surface area (Å²) in [4.78, 5) is 9.16. The first-order valence-electron chi connectivity index (χ1n) is 10.1. The second kappa shape index (κ2) is 6.74. The van der Waals surface area contributed by atoms with Gasteiger partial charge < -0.3 is 4.74 Å². The first-order valence-corrected chi connectivity index (χ1v) is 10.1. The summed E-state index contributed by atoms with van der Waals surface area (Å²) in [7, 11) is 0. The number of rotatable bonds is 4. The van der Waals surface area contributed by atoms with Crippen molar-refractivity contribution in [2.24, 2.45) is 15.8 Å². The average molecular weight is 403 g/mol. The molecule has 0 fully saturated rings. The molecule has 5 heteroatoms. The Labute approximate surface area is 179 Å². The van der Waals surface area contributed by atoms with Crippen LogP contribution in [0.15, 0.2) is 124 Å². The Bertz CT molecular complexity index is 1400. The lowest BCUT2D eigenvalue weighted by Crippen LogP contribution is -2.53. The molecule has 31 heavy (non-hydrogen) atoms. The van der Waals surface area contributed by atoms with Crippen molar-refractivity contribution in [3.05, 3.63) is 120 Å². The van der Waals surface area contributed by atoms with E-state index in [1.165, 1.54) is 0 Å². The molecule has 0 saturated heterocycles. The van der Waals surface area contributed by atoms with Gasteiger partial charge >= 0.3 is 0 Å². The van der Waals surface area contributed by atoms with E-state index in [4.69, 9.17) is 15.6 Å². The number of hydrogen-bond donors (Lipinski definition) is 1. The van der Waals surface area contributed by atoms with Crippen LogP contribution in [0.2, 0.25) is 0 Å². The number of benzene rings is 3. The van der Waals surface area contributed by atoms with Gasteiger partial charge in [-0.15, -0.1) is 4.59 Å². The van der Waals surface area contributed by atoms with Crippen molar-refractivity contribution in [2.45, 2.75) is 0 Å². The van der Waals surface area contributed by atoms with Crippen LogP contribution in [0.3, 0.4) is 0 Å². The molecule has 0 aromatic heterocycles. The molecule has 0 amide bonds. The largest absolute Gasteiger partial charge is 0.457 e. The predicted octanol–water partition coefficient (Wildman–Crippen LogP) is 5.35. The molecule has 0 radical (unpaired) electrons. The molecular formula is C26H19N4O+. The third-order valence-electron chi connectivity index (χ3n) is 5.71. The molecule has 6 rings (SSSR count). The summed E-state index contributed by atoms with van der Waals surface area (Å²) in [5.74, 6) is 9.10. The van der Waals surface area contributed by atoms with Crippen molar-refractivity contribution in [1.82, 2.24) is 0 Å². The smallest absolute Gasteiger partial charge is 0.265 e. The Balaban J connectivity index is 1.33. The minimum atomic E-state index is 0.00748. The van der Waals surface area contributed by atoms with E-state index in [1.54, 1.807) is 12.4 Å². The molecular weight excluding hydrogens is 384 g/mol. The minimum Gasteiger partial charge on any atom is -0.457 e. The zero-order valence-corrected chi connectivity index (χ0v) is 16.6. The zero-order valence-electron chi connectivity index (χ0n) is 16.6. The molecule has 3 aliphatic rings. The van der Waals surface area contributed by atoms with E-state index in [2.05, 4.69) is 23.2 Å². The Morgan fingerprint density at radius 2 is 1.71 bits per heavy atom. The molecule has 0 bridgehead atoms. The number of allylic oxidation sites excluding steroid dienone is 4. The van der Waals surface area contributed by atoms with Crippen molar-refractivity contribution in [2.75, 3.05) is 0 Å². The maximum atomic E-state index is 6.76. The summed E-state index contributed by atoms with van der Waals surface area (Å²) >= 11 is 0. The summed E-state index contributed by atoms with van der Waals surface area (Å²) in [6.07, 6.45) is 11.4. The van der Waals surface area contributed by atoms with Gasteiger partial charge in [0, 0.05) is 11.0 Å². The molecule has 2 aliphatic heterocycles. The van der Waals surface area contributed by atoms with Crippen molar-refractivity contribution in [3.63, 3.8) is 0 Å². The molecule has 2 N–H and O–H groups in total. The molecule has 1 unspecified atom stereocenters. The standard InChI is InChI=1S/C26H19N4O/c27-30-16-15-28-17-23(30)25(19-7-3-8-19)29-26(30)20-11-13-21(14-12-20)31-24-10-4-6-18-5-1-2-9-22(18)24/h1-17H,27H2/q+1. The number of aliphatic imine (C=N–C) groups is 2. The predicted molar refractivity (Wildman–Crippen MR) is 123 cm³/mol. The van der Waals surface area contributed by atoms with E-state index in [0.717, 1.165) is 50.6 Å². The Hall–Kier alpha value is -4.06. The summed E-state index contributed by atoms with van der Waals surface area (Å²) < 4.78 is 6.19. The van der Waals surface area contributed by atoms with Crippen molar-refractivity contribution in [3.8, 4) is 11.5 Å². The Morgan fingerprint density at radius 3 is 2.52 bits per heavy atom. The number of nitrogens with zero attached hydrogens (tertiary/aromatic N) is 3. The van der Waals surface area contributed by atoms with E-state index in [-0.39, 0.29) is 4.59 Å². The Morgan fingerprint density at radius 1 is 0.903 bits per heavy atom. The number of ether oxygens (including phenoxy) is 1. The van der Waals surface area contributed by atoms with Crippen LogP contribution in [0, 0.1) is 0 Å². The molecule has 5 nitrogen and oxygen atoms in total. The van der Waals surface area contributed by atoms with Gasteiger partial charge in [0.2, 0.25) is 5.70 Å². The van der Waals surface area contributed by atoms with Gasteiger partial charge in [-0.1, -0.05) is 54.6 Å². The minimum absolute atomic E-state index is 0.00748. The number of nitrogens with two attached hydrogens (primary N) is 1. The van der Waals surface area contributed by atoms with Crippen molar-refractivity contribution >= 4 is 22.8 Å². The highest BCUT2D eigenvalue weighted by atomic mass is 16.5. The van der Waals surface area contributed by atoms with Crippen LogP contribution < -0.4 is 10.6 Å². The highest BCUT2D eigenvalue weighted by molar-refractivity contribution is 6.01. The van der Waals surface area contributed by atoms with Crippen LogP contribution in [-0.2, 0) is 0 Å². The van der Waals surface area contributed by atoms with Gasteiger partial charge in [0.1, 0.15) is 23.4 Å². The maximum absolute atomic E-state index is 6.76. The molecule has 148 valence electrons. The first-order chi connectivity index (χ1) is 15.2. The molecule has 1 atom stereocenters. The van der Waals surface area contributed by atoms with Crippen molar-refractivity contribution < 1.29 is 9.33 Å². The number of quaternary nitrogens is 1. The topological polar surface area (TPSA) is 60.0 Å². The normalized spacial score (nSPS) is 21.1. The van der Waals surface area contributed by atoms with E-state index in [0.29, 0.717) is 0 Å². The van der Waals surface area contributed by atoms with Gasteiger partial charge in [-0.25, -0.2) is 0 Å². The number of fused-ring (bicyclic) bond motifs is 2. The third-order valence-corrected chi connectivity index (χ3v) is 5.71. The average Bonchev–Trinajstić information content (AvgIpc) is 3.06. The molecule has 0 spiro atoms. The van der Waals surface area contributed by atoms with Gasteiger partial charge in [0.05, 0.1) is 18.0 Å². The van der Waals surface area contributed by atoms with Crippen molar-refractivity contribution in [1.29, 1.82) is 0 Å². The van der Waals surface area contributed by atoms with Crippen LogP contribution in [0.5, 0.6) is 11.5 Å². The van der Waals surface area contributed by atoms with E-state index in [9.17, 15) is 0 Å². The van der Waals surface area contributed by atoms with E-state index >= 15 is 0 Å². The summed E-state index contributed by atoms with van der Waals surface area (Å²) in [6.45, 7) is 0. The van der Waals surface area contributed by atoms with Crippen LogP contribution in [0.4, 0.5) is 0 Å². The summed E-state index contributed by atoms with van der Waals surface area (Å²) in [5.41, 5.74) is 3.73. The van der Waals surface area contributed by atoms with Crippen LogP contribution in [0.25, 0.3) is 10.8 Å². The van der Waals surface area contributed by atoms with E-state index in [1.807, 2.05) is 73.0 Å². The molecule has 2 heterocycles. The number of amidine groups is 1. The van der Waals surface area contributed by atoms with Gasteiger partial charge in [-0.3, -0.25) is 4.99 Å².